The van der Waals surface area contributed by atoms with Crippen LogP contribution in [-0.4, -0.2) is 16.2 Å². The largest absolute Gasteiger partial charge is 0.474 e. The van der Waals surface area contributed by atoms with E-state index in [9.17, 15) is 0 Å². The van der Waals surface area contributed by atoms with Crippen LogP contribution in [0.3, 0.4) is 0 Å². The van der Waals surface area contributed by atoms with Crippen LogP contribution in [0.5, 0.6) is 5.88 Å². The molecule has 0 amide bonds. The van der Waals surface area contributed by atoms with Crippen LogP contribution in [0.4, 0.5) is 0 Å². The lowest BCUT2D eigenvalue weighted by molar-refractivity contribution is 0.148. The minimum atomic E-state index is 0.0384. The fourth-order valence-electron chi connectivity index (χ4n) is 1.93. The molecule has 3 nitrogen and oxygen atoms in total. The molecule has 2 rings (SSSR count). The molecule has 3 heteroatoms. The van der Waals surface area contributed by atoms with Crippen LogP contribution in [0.15, 0.2) is 18.3 Å². The van der Waals surface area contributed by atoms with Crippen LogP contribution < -0.4 is 4.74 Å². The SMILES string of the molecule is OCc1ccc(OC2CCCCC2)nc1. The van der Waals surface area contributed by atoms with Gasteiger partial charge in [0.25, 0.3) is 0 Å². The van der Waals surface area contributed by atoms with E-state index in [4.69, 9.17) is 9.84 Å². The van der Waals surface area contributed by atoms with Crippen LogP contribution >= 0.6 is 0 Å². The zero-order chi connectivity index (χ0) is 10.5. The van der Waals surface area contributed by atoms with Crippen molar-refractivity contribution < 1.29 is 9.84 Å². The Hall–Kier alpha value is -1.09. The molecule has 1 N–H and O–H groups in total. The first kappa shape index (κ1) is 10.4. The molecule has 1 fully saturated rings. The Kier molecular flexibility index (Phi) is 3.56. The van der Waals surface area contributed by atoms with Gasteiger partial charge in [-0.15, -0.1) is 0 Å². The summed E-state index contributed by atoms with van der Waals surface area (Å²) in [6.07, 6.45) is 8.15. The number of pyridine rings is 1. The van der Waals surface area contributed by atoms with Gasteiger partial charge >= 0.3 is 0 Å². The van der Waals surface area contributed by atoms with Crippen molar-refractivity contribution in [2.45, 2.75) is 44.8 Å². The van der Waals surface area contributed by atoms with Gasteiger partial charge in [-0.3, -0.25) is 0 Å². The number of ether oxygens (including phenoxy) is 1. The van der Waals surface area contributed by atoms with Gasteiger partial charge in [-0.05, 0) is 37.3 Å². The van der Waals surface area contributed by atoms with Crippen molar-refractivity contribution in [3.8, 4) is 5.88 Å². The van der Waals surface area contributed by atoms with Crippen molar-refractivity contribution in [3.05, 3.63) is 23.9 Å². The number of hydrogen-bond donors (Lipinski definition) is 1. The Bertz CT molecular complexity index is 291. The van der Waals surface area contributed by atoms with Gasteiger partial charge in [-0.2, -0.15) is 0 Å². The summed E-state index contributed by atoms with van der Waals surface area (Å²) in [6, 6.07) is 3.69. The maximum absolute atomic E-state index is 8.87. The number of aliphatic hydroxyl groups is 1. The van der Waals surface area contributed by atoms with Crippen molar-refractivity contribution in [2.24, 2.45) is 0 Å². The second-order valence-electron chi connectivity index (χ2n) is 4.04. The average molecular weight is 207 g/mol. The van der Waals surface area contributed by atoms with Gasteiger partial charge in [-0.25, -0.2) is 4.98 Å². The van der Waals surface area contributed by atoms with Gasteiger partial charge in [0, 0.05) is 12.3 Å². The van der Waals surface area contributed by atoms with E-state index in [1.807, 2.05) is 12.1 Å². The highest BCUT2D eigenvalue weighted by molar-refractivity contribution is 5.17. The molecule has 15 heavy (non-hydrogen) atoms. The highest BCUT2D eigenvalue weighted by Gasteiger charge is 2.14. The van der Waals surface area contributed by atoms with E-state index in [0.29, 0.717) is 12.0 Å². The molecular formula is C12H17NO2. The van der Waals surface area contributed by atoms with Crippen LogP contribution in [0.25, 0.3) is 0 Å². The van der Waals surface area contributed by atoms with Gasteiger partial charge in [0.1, 0.15) is 6.10 Å². The highest BCUT2D eigenvalue weighted by Crippen LogP contribution is 2.22. The molecule has 1 saturated carbocycles. The predicted octanol–water partition coefficient (Wildman–Crippen LogP) is 2.29. The zero-order valence-corrected chi connectivity index (χ0v) is 8.85. The topological polar surface area (TPSA) is 42.4 Å². The average Bonchev–Trinajstić information content (AvgIpc) is 2.31. The second kappa shape index (κ2) is 5.12. The molecule has 1 aliphatic carbocycles. The first-order valence-electron chi connectivity index (χ1n) is 5.61. The third-order valence-electron chi connectivity index (χ3n) is 2.82. The van der Waals surface area contributed by atoms with Crippen molar-refractivity contribution in [2.75, 3.05) is 0 Å². The quantitative estimate of drug-likeness (QED) is 0.826. The summed E-state index contributed by atoms with van der Waals surface area (Å²) in [7, 11) is 0. The van der Waals surface area contributed by atoms with Gasteiger partial charge in [0.05, 0.1) is 6.61 Å². The second-order valence-corrected chi connectivity index (χ2v) is 4.04. The molecule has 1 aromatic rings. The number of hydrogen-bond acceptors (Lipinski definition) is 3. The van der Waals surface area contributed by atoms with E-state index < -0.39 is 0 Å². The molecular weight excluding hydrogens is 190 g/mol. The summed E-state index contributed by atoms with van der Waals surface area (Å²) in [5, 5.41) is 8.87. The number of nitrogens with zero attached hydrogens (tertiary/aromatic N) is 1. The Labute approximate surface area is 90.1 Å². The molecule has 0 atom stereocenters. The van der Waals surface area contributed by atoms with Crippen molar-refractivity contribution in [1.82, 2.24) is 4.98 Å². The first-order valence-corrected chi connectivity index (χ1v) is 5.61. The summed E-state index contributed by atoms with van der Waals surface area (Å²) in [5.41, 5.74) is 0.825. The van der Waals surface area contributed by atoms with Crippen molar-refractivity contribution in [1.29, 1.82) is 0 Å². The van der Waals surface area contributed by atoms with Gasteiger partial charge in [0.15, 0.2) is 0 Å². The van der Waals surface area contributed by atoms with Crippen molar-refractivity contribution in [3.63, 3.8) is 0 Å². The number of rotatable bonds is 3. The van der Waals surface area contributed by atoms with Crippen LogP contribution in [0, 0.1) is 0 Å². The van der Waals surface area contributed by atoms with E-state index in [1.165, 1.54) is 19.3 Å². The lowest BCUT2D eigenvalue weighted by Crippen LogP contribution is -2.20. The van der Waals surface area contributed by atoms with E-state index >= 15 is 0 Å². The fraction of sp³-hybridized carbons (Fsp3) is 0.583. The third-order valence-corrected chi connectivity index (χ3v) is 2.82. The lowest BCUT2D eigenvalue weighted by Gasteiger charge is -2.22. The molecule has 0 unspecified atom stereocenters. The van der Waals surface area contributed by atoms with Gasteiger partial charge in [-0.1, -0.05) is 6.42 Å². The molecule has 0 spiro atoms. The van der Waals surface area contributed by atoms with Crippen LogP contribution in [-0.2, 0) is 6.61 Å². The Balaban J connectivity index is 1.91. The molecule has 0 radical (unpaired) electrons. The van der Waals surface area contributed by atoms with E-state index in [2.05, 4.69) is 4.98 Å². The lowest BCUT2D eigenvalue weighted by atomic mass is 9.98. The maximum atomic E-state index is 8.87. The van der Waals surface area contributed by atoms with Crippen LogP contribution in [0.1, 0.15) is 37.7 Å². The molecule has 0 bridgehead atoms. The molecule has 1 heterocycles. The Morgan fingerprint density at radius 2 is 2.07 bits per heavy atom. The standard InChI is InChI=1S/C12H17NO2/c14-9-10-6-7-12(13-8-10)15-11-4-2-1-3-5-11/h6-8,11,14H,1-5,9H2. The van der Waals surface area contributed by atoms with Crippen LogP contribution in [0.2, 0.25) is 0 Å². The monoisotopic (exact) mass is 207 g/mol. The van der Waals surface area contributed by atoms with E-state index in [0.717, 1.165) is 18.4 Å². The normalized spacial score (nSPS) is 17.7. The minimum Gasteiger partial charge on any atom is -0.474 e. The van der Waals surface area contributed by atoms with Gasteiger partial charge < -0.3 is 9.84 Å². The summed E-state index contributed by atoms with van der Waals surface area (Å²) in [4.78, 5) is 4.16. The first-order chi connectivity index (χ1) is 7.38. The van der Waals surface area contributed by atoms with E-state index in [-0.39, 0.29) is 6.61 Å². The predicted molar refractivity (Wildman–Crippen MR) is 57.7 cm³/mol. The Morgan fingerprint density at radius 1 is 1.27 bits per heavy atom. The van der Waals surface area contributed by atoms with Crippen molar-refractivity contribution >= 4 is 0 Å². The molecule has 1 aliphatic rings. The molecule has 0 saturated heterocycles. The molecule has 0 aromatic carbocycles. The maximum Gasteiger partial charge on any atom is 0.213 e. The minimum absolute atomic E-state index is 0.0384. The van der Waals surface area contributed by atoms with Gasteiger partial charge in [0.2, 0.25) is 5.88 Å². The summed E-state index contributed by atoms with van der Waals surface area (Å²) in [5.74, 6) is 0.680. The summed E-state index contributed by atoms with van der Waals surface area (Å²) < 4.78 is 5.76. The summed E-state index contributed by atoms with van der Waals surface area (Å²) in [6.45, 7) is 0.0384. The number of aliphatic hydroxyl groups excluding tert-OH is 1. The highest BCUT2D eigenvalue weighted by atomic mass is 16.5. The molecule has 82 valence electrons. The molecule has 0 aliphatic heterocycles. The number of aromatic nitrogens is 1. The fourth-order valence-corrected chi connectivity index (χ4v) is 1.93. The zero-order valence-electron chi connectivity index (χ0n) is 8.85. The smallest absolute Gasteiger partial charge is 0.213 e. The molecule has 1 aromatic heterocycles. The third kappa shape index (κ3) is 2.93. The van der Waals surface area contributed by atoms with E-state index in [1.54, 1.807) is 6.20 Å². The Morgan fingerprint density at radius 3 is 2.67 bits per heavy atom. The summed E-state index contributed by atoms with van der Waals surface area (Å²) >= 11 is 0.